The quantitative estimate of drug-likeness (QED) is 0.843. The SMILES string of the molecule is CNc1nc(N(C)CC(C)C)nc(-n2cncn2)n1. The monoisotopic (exact) mass is 262 g/mol. The third-order valence-corrected chi connectivity index (χ3v) is 2.44. The van der Waals surface area contributed by atoms with Crippen LogP contribution in [0.2, 0.25) is 0 Å². The average molecular weight is 262 g/mol. The van der Waals surface area contributed by atoms with Gasteiger partial charge in [0.15, 0.2) is 0 Å². The van der Waals surface area contributed by atoms with E-state index < -0.39 is 0 Å². The summed E-state index contributed by atoms with van der Waals surface area (Å²) in [6.45, 7) is 5.16. The zero-order chi connectivity index (χ0) is 13.8. The van der Waals surface area contributed by atoms with Gasteiger partial charge in [-0.3, -0.25) is 0 Å². The summed E-state index contributed by atoms with van der Waals surface area (Å²) in [4.78, 5) is 18.9. The molecule has 0 atom stereocenters. The topological polar surface area (TPSA) is 84.7 Å². The Kier molecular flexibility index (Phi) is 3.88. The summed E-state index contributed by atoms with van der Waals surface area (Å²) in [5.41, 5.74) is 0. The molecule has 8 heteroatoms. The number of aromatic nitrogens is 6. The molecule has 1 N–H and O–H groups in total. The Balaban J connectivity index is 2.36. The molecule has 0 aliphatic heterocycles. The fraction of sp³-hybridized carbons (Fsp3) is 0.545. The van der Waals surface area contributed by atoms with Gasteiger partial charge in [-0.05, 0) is 5.92 Å². The lowest BCUT2D eigenvalue weighted by Crippen LogP contribution is -2.25. The van der Waals surface area contributed by atoms with Crippen LogP contribution in [0.1, 0.15) is 13.8 Å². The molecule has 0 aliphatic carbocycles. The molecule has 2 rings (SSSR count). The standard InChI is InChI=1S/C11H18N8/c1-8(2)5-18(4)10-15-9(12-3)16-11(17-10)19-7-13-6-14-19/h6-8H,5H2,1-4H3,(H,12,15,16,17). The fourth-order valence-electron chi connectivity index (χ4n) is 1.68. The van der Waals surface area contributed by atoms with E-state index in [0.29, 0.717) is 23.8 Å². The lowest BCUT2D eigenvalue weighted by atomic mass is 10.2. The van der Waals surface area contributed by atoms with Crippen molar-refractivity contribution in [3.8, 4) is 5.95 Å². The van der Waals surface area contributed by atoms with E-state index in [0.717, 1.165) is 6.54 Å². The first kappa shape index (κ1) is 13.2. The first-order valence-corrected chi connectivity index (χ1v) is 6.10. The Morgan fingerprint density at radius 2 is 2.11 bits per heavy atom. The minimum absolute atomic E-state index is 0.447. The predicted molar refractivity (Wildman–Crippen MR) is 72.4 cm³/mol. The fourth-order valence-corrected chi connectivity index (χ4v) is 1.68. The Hall–Kier alpha value is -2.25. The second-order valence-corrected chi connectivity index (χ2v) is 4.62. The van der Waals surface area contributed by atoms with E-state index in [4.69, 9.17) is 0 Å². The van der Waals surface area contributed by atoms with Crippen LogP contribution in [0.25, 0.3) is 5.95 Å². The van der Waals surface area contributed by atoms with Crippen LogP contribution in [0.15, 0.2) is 12.7 Å². The highest BCUT2D eigenvalue weighted by Gasteiger charge is 2.12. The Labute approximate surface area is 111 Å². The molecule has 0 radical (unpaired) electrons. The Bertz CT molecular complexity index is 521. The summed E-state index contributed by atoms with van der Waals surface area (Å²) < 4.78 is 1.51. The number of hydrogen-bond acceptors (Lipinski definition) is 7. The number of nitrogens with zero attached hydrogens (tertiary/aromatic N) is 7. The maximum absolute atomic E-state index is 4.40. The number of anilines is 2. The van der Waals surface area contributed by atoms with E-state index in [1.165, 1.54) is 11.0 Å². The molecule has 0 aliphatic rings. The van der Waals surface area contributed by atoms with E-state index in [1.54, 1.807) is 13.4 Å². The minimum atomic E-state index is 0.447. The van der Waals surface area contributed by atoms with Crippen LogP contribution in [0, 0.1) is 5.92 Å². The smallest absolute Gasteiger partial charge is 0.258 e. The van der Waals surface area contributed by atoms with E-state index in [9.17, 15) is 0 Å². The van der Waals surface area contributed by atoms with Crippen LogP contribution < -0.4 is 10.2 Å². The summed E-state index contributed by atoms with van der Waals surface area (Å²) in [5, 5.41) is 6.96. The highest BCUT2D eigenvalue weighted by Crippen LogP contribution is 2.12. The predicted octanol–water partition coefficient (Wildman–Crippen LogP) is 0.586. The van der Waals surface area contributed by atoms with Gasteiger partial charge in [-0.1, -0.05) is 13.8 Å². The summed E-state index contributed by atoms with van der Waals surface area (Å²) in [5.74, 6) is 2.08. The van der Waals surface area contributed by atoms with Gasteiger partial charge in [0.25, 0.3) is 5.95 Å². The van der Waals surface area contributed by atoms with Gasteiger partial charge < -0.3 is 10.2 Å². The first-order valence-electron chi connectivity index (χ1n) is 6.10. The highest BCUT2D eigenvalue weighted by atomic mass is 15.4. The summed E-state index contributed by atoms with van der Waals surface area (Å²) in [6.07, 6.45) is 3.00. The molecule has 0 fully saturated rings. The summed E-state index contributed by atoms with van der Waals surface area (Å²) in [6, 6.07) is 0. The van der Waals surface area contributed by atoms with Crippen LogP contribution in [-0.2, 0) is 0 Å². The Morgan fingerprint density at radius 3 is 2.68 bits per heavy atom. The van der Waals surface area contributed by atoms with E-state index >= 15 is 0 Å². The molecule has 0 bridgehead atoms. The Morgan fingerprint density at radius 1 is 1.32 bits per heavy atom. The van der Waals surface area contributed by atoms with Crippen molar-refractivity contribution >= 4 is 11.9 Å². The van der Waals surface area contributed by atoms with Crippen molar-refractivity contribution in [1.82, 2.24) is 29.7 Å². The number of hydrogen-bond donors (Lipinski definition) is 1. The van der Waals surface area contributed by atoms with Gasteiger partial charge in [0.05, 0.1) is 0 Å². The van der Waals surface area contributed by atoms with Crippen molar-refractivity contribution in [1.29, 1.82) is 0 Å². The number of nitrogens with one attached hydrogen (secondary N) is 1. The van der Waals surface area contributed by atoms with Crippen molar-refractivity contribution in [2.75, 3.05) is 30.9 Å². The molecule has 0 aromatic carbocycles. The van der Waals surface area contributed by atoms with Crippen molar-refractivity contribution in [3.63, 3.8) is 0 Å². The molecule has 2 heterocycles. The molecule has 0 amide bonds. The molecular formula is C11H18N8. The number of rotatable bonds is 5. The van der Waals surface area contributed by atoms with Gasteiger partial charge in [0, 0.05) is 20.6 Å². The maximum Gasteiger partial charge on any atom is 0.258 e. The molecule has 19 heavy (non-hydrogen) atoms. The minimum Gasteiger partial charge on any atom is -0.357 e. The van der Waals surface area contributed by atoms with Crippen LogP contribution in [0.5, 0.6) is 0 Å². The van der Waals surface area contributed by atoms with Crippen molar-refractivity contribution in [2.24, 2.45) is 5.92 Å². The lowest BCUT2D eigenvalue weighted by Gasteiger charge is -2.19. The van der Waals surface area contributed by atoms with Crippen LogP contribution >= 0.6 is 0 Å². The van der Waals surface area contributed by atoms with Gasteiger partial charge in [-0.25, -0.2) is 4.98 Å². The zero-order valence-corrected chi connectivity index (χ0v) is 11.6. The highest BCUT2D eigenvalue weighted by molar-refractivity contribution is 5.38. The van der Waals surface area contributed by atoms with Crippen LogP contribution in [-0.4, -0.2) is 50.4 Å². The maximum atomic E-state index is 4.40. The van der Waals surface area contributed by atoms with E-state index in [-0.39, 0.29) is 0 Å². The van der Waals surface area contributed by atoms with E-state index in [2.05, 4.69) is 44.2 Å². The van der Waals surface area contributed by atoms with E-state index in [1.807, 2.05) is 11.9 Å². The zero-order valence-electron chi connectivity index (χ0n) is 11.6. The summed E-state index contributed by atoms with van der Waals surface area (Å²) >= 11 is 0. The van der Waals surface area contributed by atoms with Crippen LogP contribution in [0.3, 0.4) is 0 Å². The van der Waals surface area contributed by atoms with Crippen molar-refractivity contribution in [3.05, 3.63) is 12.7 Å². The molecule has 102 valence electrons. The van der Waals surface area contributed by atoms with Gasteiger partial charge in [-0.15, -0.1) is 0 Å². The van der Waals surface area contributed by atoms with Gasteiger partial charge in [-0.2, -0.15) is 24.7 Å². The molecule has 0 unspecified atom stereocenters. The van der Waals surface area contributed by atoms with Crippen LogP contribution in [0.4, 0.5) is 11.9 Å². The molecule has 2 aromatic heterocycles. The molecule has 0 saturated heterocycles. The molecule has 8 nitrogen and oxygen atoms in total. The molecule has 0 saturated carbocycles. The molecule has 2 aromatic rings. The molecule has 0 spiro atoms. The van der Waals surface area contributed by atoms with Gasteiger partial charge in [0.2, 0.25) is 11.9 Å². The molecular weight excluding hydrogens is 244 g/mol. The largest absolute Gasteiger partial charge is 0.357 e. The van der Waals surface area contributed by atoms with Gasteiger partial charge >= 0.3 is 0 Å². The van der Waals surface area contributed by atoms with Crippen molar-refractivity contribution < 1.29 is 0 Å². The van der Waals surface area contributed by atoms with Crippen molar-refractivity contribution in [2.45, 2.75) is 13.8 Å². The third kappa shape index (κ3) is 3.15. The second kappa shape index (κ2) is 5.59. The first-order chi connectivity index (χ1) is 9.10. The summed E-state index contributed by atoms with van der Waals surface area (Å²) in [7, 11) is 3.73. The third-order valence-electron chi connectivity index (χ3n) is 2.44. The average Bonchev–Trinajstić information content (AvgIpc) is 2.91. The second-order valence-electron chi connectivity index (χ2n) is 4.62. The van der Waals surface area contributed by atoms with Gasteiger partial charge in [0.1, 0.15) is 12.7 Å². The lowest BCUT2D eigenvalue weighted by molar-refractivity contribution is 0.627. The normalized spacial score (nSPS) is 10.8.